The fourth-order valence-corrected chi connectivity index (χ4v) is 5.39. The van der Waals surface area contributed by atoms with Crippen molar-refractivity contribution in [2.45, 2.75) is 44.2 Å². The molecule has 1 saturated heterocycles. The van der Waals surface area contributed by atoms with Crippen molar-refractivity contribution in [3.05, 3.63) is 70.4 Å². The maximum absolute atomic E-state index is 13.4. The van der Waals surface area contributed by atoms with Crippen molar-refractivity contribution in [2.24, 2.45) is 0 Å². The standard InChI is InChI=1S/C26H25ClN2O4/c1-33-21-12-11-15(27)13-18(21)24(30)22-23(19-14-28-20-10-6-5-9-17(19)20)29(26(32)25(22)31)16-7-3-2-4-8-16/h5-6,9-14,16,23,28,30H,2-4,7-8H2,1H3/b24-22+. The van der Waals surface area contributed by atoms with Gasteiger partial charge < -0.3 is 19.7 Å². The molecule has 5 rings (SSSR count). The van der Waals surface area contributed by atoms with Gasteiger partial charge in [-0.2, -0.15) is 0 Å². The Hall–Kier alpha value is -3.25. The summed E-state index contributed by atoms with van der Waals surface area (Å²) < 4.78 is 5.41. The van der Waals surface area contributed by atoms with Crippen LogP contribution < -0.4 is 4.74 Å². The molecular formula is C26H25ClN2O4. The number of aliphatic hydroxyl groups excluding tert-OH is 1. The molecule has 6 nitrogen and oxygen atoms in total. The van der Waals surface area contributed by atoms with Crippen molar-refractivity contribution < 1.29 is 19.4 Å². The van der Waals surface area contributed by atoms with E-state index in [1.807, 2.05) is 30.5 Å². The second-order valence-electron chi connectivity index (χ2n) is 8.63. The van der Waals surface area contributed by atoms with Gasteiger partial charge in [0.1, 0.15) is 11.5 Å². The molecule has 1 unspecified atom stereocenters. The van der Waals surface area contributed by atoms with Gasteiger partial charge in [0.05, 0.1) is 24.3 Å². The van der Waals surface area contributed by atoms with Gasteiger partial charge in [0.15, 0.2) is 0 Å². The molecule has 3 aromatic rings. The molecule has 1 aliphatic heterocycles. The highest BCUT2D eigenvalue weighted by atomic mass is 35.5. The second-order valence-corrected chi connectivity index (χ2v) is 9.07. The van der Waals surface area contributed by atoms with Gasteiger partial charge >= 0.3 is 0 Å². The molecule has 2 aromatic carbocycles. The van der Waals surface area contributed by atoms with Gasteiger partial charge in [-0.15, -0.1) is 0 Å². The van der Waals surface area contributed by atoms with Gasteiger partial charge in [-0.25, -0.2) is 0 Å². The highest BCUT2D eigenvalue weighted by molar-refractivity contribution is 6.47. The van der Waals surface area contributed by atoms with Crippen LogP contribution in [0.15, 0.2) is 54.2 Å². The molecule has 1 aliphatic carbocycles. The molecule has 170 valence electrons. The summed E-state index contributed by atoms with van der Waals surface area (Å²) in [6, 6.07) is 11.8. The molecule has 0 spiro atoms. The third-order valence-corrected chi connectivity index (χ3v) is 7.02. The molecule has 1 atom stereocenters. The largest absolute Gasteiger partial charge is 0.507 e. The summed E-state index contributed by atoms with van der Waals surface area (Å²) in [6.45, 7) is 0. The van der Waals surface area contributed by atoms with Crippen molar-refractivity contribution in [1.29, 1.82) is 0 Å². The number of benzene rings is 2. The number of rotatable bonds is 4. The highest BCUT2D eigenvalue weighted by Gasteiger charge is 2.49. The molecule has 0 bridgehead atoms. The van der Waals surface area contributed by atoms with Crippen molar-refractivity contribution in [2.75, 3.05) is 7.11 Å². The SMILES string of the molecule is COc1ccc(Cl)cc1/C(O)=C1\C(=O)C(=O)N(C2CCCCC2)C1c1c[nH]c2ccccc12. The number of Topliss-reactive ketones (excluding diaryl/α,β-unsaturated/α-hetero) is 1. The lowest BCUT2D eigenvalue weighted by molar-refractivity contribution is -0.141. The average molecular weight is 465 g/mol. The van der Waals surface area contributed by atoms with Crippen LogP contribution in [0.25, 0.3) is 16.7 Å². The van der Waals surface area contributed by atoms with Crippen molar-refractivity contribution in [1.82, 2.24) is 9.88 Å². The van der Waals surface area contributed by atoms with E-state index in [4.69, 9.17) is 16.3 Å². The maximum Gasteiger partial charge on any atom is 0.295 e. The topological polar surface area (TPSA) is 82.6 Å². The molecule has 1 aromatic heterocycles. The number of hydrogen-bond acceptors (Lipinski definition) is 4. The zero-order valence-corrected chi connectivity index (χ0v) is 19.1. The number of fused-ring (bicyclic) bond motifs is 1. The lowest BCUT2D eigenvalue weighted by atomic mass is 9.90. The minimum atomic E-state index is -0.701. The summed E-state index contributed by atoms with van der Waals surface area (Å²) in [7, 11) is 1.48. The molecule has 1 amide bonds. The van der Waals surface area contributed by atoms with Crippen molar-refractivity contribution in [3.63, 3.8) is 0 Å². The van der Waals surface area contributed by atoms with Crippen molar-refractivity contribution >= 4 is 40.0 Å². The second kappa shape index (κ2) is 8.60. The van der Waals surface area contributed by atoms with E-state index in [0.717, 1.165) is 48.6 Å². The Morgan fingerprint density at radius 2 is 1.88 bits per heavy atom. The van der Waals surface area contributed by atoms with Crippen LogP contribution in [-0.4, -0.2) is 39.8 Å². The van der Waals surface area contributed by atoms with Gasteiger partial charge in [0.2, 0.25) is 0 Å². The van der Waals surface area contributed by atoms with E-state index in [-0.39, 0.29) is 22.9 Å². The van der Waals surface area contributed by atoms with E-state index >= 15 is 0 Å². The van der Waals surface area contributed by atoms with E-state index in [9.17, 15) is 14.7 Å². The number of hydrogen-bond donors (Lipinski definition) is 2. The quantitative estimate of drug-likeness (QED) is 0.300. The predicted molar refractivity (Wildman–Crippen MR) is 127 cm³/mol. The van der Waals surface area contributed by atoms with Gasteiger partial charge in [-0.3, -0.25) is 9.59 Å². The van der Waals surface area contributed by atoms with Gasteiger partial charge in [-0.1, -0.05) is 49.1 Å². The minimum Gasteiger partial charge on any atom is -0.507 e. The number of para-hydroxylation sites is 1. The summed E-state index contributed by atoms with van der Waals surface area (Å²) in [6.07, 6.45) is 6.66. The number of halogens is 1. The summed E-state index contributed by atoms with van der Waals surface area (Å²) in [5, 5.41) is 12.7. The number of carbonyl (C=O) groups is 2. The van der Waals surface area contributed by atoms with E-state index in [2.05, 4.69) is 4.98 Å². The van der Waals surface area contributed by atoms with Crippen LogP contribution in [-0.2, 0) is 9.59 Å². The summed E-state index contributed by atoms with van der Waals surface area (Å²) in [5.74, 6) is -1.16. The van der Waals surface area contributed by atoms with Crippen LogP contribution in [0.4, 0.5) is 0 Å². The lowest BCUT2D eigenvalue weighted by Gasteiger charge is -2.35. The number of amides is 1. The Bertz CT molecular complexity index is 1270. The number of aromatic amines is 1. The van der Waals surface area contributed by atoms with E-state index < -0.39 is 17.7 Å². The Kier molecular flexibility index (Phi) is 5.62. The summed E-state index contributed by atoms with van der Waals surface area (Å²) in [5.41, 5.74) is 2.05. The Morgan fingerprint density at radius 3 is 2.64 bits per heavy atom. The van der Waals surface area contributed by atoms with Gasteiger partial charge in [0, 0.05) is 33.7 Å². The normalized spacial score (nSPS) is 21.2. The van der Waals surface area contributed by atoms with Gasteiger partial charge in [-0.05, 0) is 37.1 Å². The van der Waals surface area contributed by atoms with Gasteiger partial charge in [0.25, 0.3) is 11.7 Å². The zero-order chi connectivity index (χ0) is 23.1. The number of methoxy groups -OCH3 is 1. The number of aliphatic hydroxyl groups is 1. The molecule has 1 saturated carbocycles. The number of carbonyl (C=O) groups excluding carboxylic acids is 2. The fourth-order valence-electron chi connectivity index (χ4n) is 5.22. The van der Waals surface area contributed by atoms with Crippen LogP contribution >= 0.6 is 11.6 Å². The molecule has 2 heterocycles. The van der Waals surface area contributed by atoms with Crippen LogP contribution in [0, 0.1) is 0 Å². The van der Waals surface area contributed by atoms with E-state index in [1.165, 1.54) is 7.11 Å². The zero-order valence-electron chi connectivity index (χ0n) is 18.3. The summed E-state index contributed by atoms with van der Waals surface area (Å²) in [4.78, 5) is 31.7. The van der Waals surface area contributed by atoms with Crippen LogP contribution in [0.5, 0.6) is 5.75 Å². The number of ketones is 1. The lowest BCUT2D eigenvalue weighted by Crippen LogP contribution is -2.40. The smallest absolute Gasteiger partial charge is 0.295 e. The summed E-state index contributed by atoms with van der Waals surface area (Å²) >= 11 is 6.20. The minimum absolute atomic E-state index is 0.0552. The molecule has 33 heavy (non-hydrogen) atoms. The third-order valence-electron chi connectivity index (χ3n) is 6.78. The van der Waals surface area contributed by atoms with Crippen LogP contribution in [0.3, 0.4) is 0 Å². The van der Waals surface area contributed by atoms with E-state index in [1.54, 1.807) is 23.1 Å². The molecule has 2 N–H and O–H groups in total. The Labute approximate surface area is 196 Å². The fraction of sp³-hybridized carbons (Fsp3) is 0.308. The number of nitrogens with one attached hydrogen (secondary N) is 1. The predicted octanol–water partition coefficient (Wildman–Crippen LogP) is 5.58. The first-order valence-corrected chi connectivity index (χ1v) is 11.6. The number of H-pyrrole nitrogens is 1. The number of ether oxygens (including phenoxy) is 1. The third kappa shape index (κ3) is 3.59. The highest BCUT2D eigenvalue weighted by Crippen LogP contribution is 2.46. The average Bonchev–Trinajstić information content (AvgIpc) is 3.37. The Balaban J connectivity index is 1.75. The monoisotopic (exact) mass is 464 g/mol. The molecular weight excluding hydrogens is 440 g/mol. The van der Waals surface area contributed by atoms with Crippen LogP contribution in [0.2, 0.25) is 5.02 Å². The number of aromatic nitrogens is 1. The van der Waals surface area contributed by atoms with Crippen molar-refractivity contribution in [3.8, 4) is 5.75 Å². The molecule has 2 aliphatic rings. The van der Waals surface area contributed by atoms with E-state index in [0.29, 0.717) is 10.8 Å². The molecule has 0 radical (unpaired) electrons. The first kappa shape index (κ1) is 21.6. The molecule has 2 fully saturated rings. The number of likely N-dealkylation sites (tertiary alicyclic amines) is 1. The number of nitrogens with zero attached hydrogens (tertiary/aromatic N) is 1. The first-order chi connectivity index (χ1) is 16.0. The first-order valence-electron chi connectivity index (χ1n) is 11.2. The molecule has 7 heteroatoms. The van der Waals surface area contributed by atoms with Crippen LogP contribution in [0.1, 0.15) is 49.3 Å². The maximum atomic E-state index is 13.4. The Morgan fingerprint density at radius 1 is 1.12 bits per heavy atom.